The molecule has 12 nitrogen and oxygen atoms in total. The van der Waals surface area contributed by atoms with Crippen LogP contribution in [0.4, 0.5) is 11.6 Å². The third-order valence-electron chi connectivity index (χ3n) is 8.24. The zero-order valence-electron chi connectivity index (χ0n) is 24.2. The highest BCUT2D eigenvalue weighted by Crippen LogP contribution is 2.29. The third-order valence-corrected chi connectivity index (χ3v) is 8.24. The first-order valence-electron chi connectivity index (χ1n) is 14.8. The van der Waals surface area contributed by atoms with Crippen molar-refractivity contribution in [2.45, 2.75) is 38.6 Å². The number of amides is 2. The largest absolute Gasteiger partial charge is 0.478 e. The molecule has 4 aromatic rings. The monoisotopic (exact) mass is 584 g/mol. The summed E-state index contributed by atoms with van der Waals surface area (Å²) in [6.07, 6.45) is 8.66. The van der Waals surface area contributed by atoms with Crippen LogP contribution in [-0.2, 0) is 11.3 Å². The van der Waals surface area contributed by atoms with Gasteiger partial charge in [-0.2, -0.15) is 0 Å². The fraction of sp³-hybridized carbons (Fsp3) is 0.419. The molecule has 2 aromatic heterocycles. The Hall–Kier alpha value is -4.58. The van der Waals surface area contributed by atoms with Gasteiger partial charge in [0.2, 0.25) is 0 Å². The number of benzene rings is 2. The molecule has 0 atom stereocenters. The van der Waals surface area contributed by atoms with Crippen molar-refractivity contribution in [2.24, 2.45) is 11.8 Å². The maximum Gasteiger partial charge on any atom is 0.273 e. The highest BCUT2D eigenvalue weighted by molar-refractivity contribution is 6.14. The van der Waals surface area contributed by atoms with Crippen LogP contribution in [0, 0.1) is 11.8 Å². The van der Waals surface area contributed by atoms with Crippen molar-refractivity contribution in [3.8, 4) is 5.88 Å². The molecular formula is C31H36N8O4. The summed E-state index contributed by atoms with van der Waals surface area (Å²) in [7, 11) is 1.49. The van der Waals surface area contributed by atoms with Gasteiger partial charge in [0.05, 0.1) is 19.9 Å². The summed E-state index contributed by atoms with van der Waals surface area (Å²) in [5.41, 5.74) is 1.46. The first kappa shape index (κ1) is 28.5. The van der Waals surface area contributed by atoms with E-state index in [9.17, 15) is 9.59 Å². The number of anilines is 2. The van der Waals surface area contributed by atoms with Crippen LogP contribution >= 0.6 is 0 Å². The zero-order chi connectivity index (χ0) is 29.6. The average molecular weight is 585 g/mol. The number of nitrogens with one attached hydrogen (secondary N) is 3. The van der Waals surface area contributed by atoms with Crippen molar-refractivity contribution in [2.75, 3.05) is 44.0 Å². The normalized spacial score (nSPS) is 15.6. The Balaban J connectivity index is 1.30. The predicted octanol–water partition coefficient (Wildman–Crippen LogP) is 3.90. The fourth-order valence-corrected chi connectivity index (χ4v) is 5.50. The maximum absolute atomic E-state index is 13.8. The van der Waals surface area contributed by atoms with Gasteiger partial charge in [0, 0.05) is 38.1 Å². The number of nitrogens with zero attached hydrogens (tertiary/aromatic N) is 5. The smallest absolute Gasteiger partial charge is 0.273 e. The van der Waals surface area contributed by atoms with E-state index >= 15 is 0 Å². The molecule has 3 heterocycles. The SMILES string of the molecule is COc1nc(C(=O)NCC2CCC2)c(NC(=O)c2ccc(Cn3ccnn3)c3ccccc23)nc1NCC1CCOCC1. The quantitative estimate of drug-likeness (QED) is 0.239. The van der Waals surface area contributed by atoms with Crippen molar-refractivity contribution < 1.29 is 19.1 Å². The standard InChI is InChI=1S/C31H36N8O4/c1-42-31-28(32-17-21-11-15-43-16-12-21)36-27(26(35-31)30(41)33-18-20-5-4-6-20)37-29(40)25-10-9-22(19-39-14-13-34-38-39)23-7-2-3-8-24(23)25/h2-3,7-10,13-14,20-21H,4-6,11-12,15-19H2,1H3,(H,33,41)(H2,32,36,37,40). The number of ether oxygens (including phenoxy) is 2. The van der Waals surface area contributed by atoms with E-state index in [-0.39, 0.29) is 17.4 Å². The molecule has 0 spiro atoms. The minimum Gasteiger partial charge on any atom is -0.478 e. The average Bonchev–Trinajstić information content (AvgIpc) is 3.53. The number of carbonyl (C=O) groups is 2. The molecule has 0 bridgehead atoms. The molecular weight excluding hydrogens is 548 g/mol. The van der Waals surface area contributed by atoms with E-state index < -0.39 is 11.8 Å². The number of hydrogen-bond donors (Lipinski definition) is 3. The fourth-order valence-electron chi connectivity index (χ4n) is 5.50. The van der Waals surface area contributed by atoms with Gasteiger partial charge in [-0.1, -0.05) is 42.0 Å². The number of methoxy groups -OCH3 is 1. The second-order valence-corrected chi connectivity index (χ2v) is 11.1. The Morgan fingerprint density at radius 1 is 0.953 bits per heavy atom. The predicted molar refractivity (Wildman–Crippen MR) is 161 cm³/mol. The molecule has 2 aliphatic rings. The van der Waals surface area contributed by atoms with Gasteiger partial charge in [-0.15, -0.1) is 5.10 Å². The number of rotatable bonds is 11. The molecule has 6 rings (SSSR count). The van der Waals surface area contributed by atoms with Crippen molar-refractivity contribution in [1.82, 2.24) is 30.3 Å². The summed E-state index contributed by atoms with van der Waals surface area (Å²) in [5.74, 6) is 0.700. The molecule has 1 saturated carbocycles. The van der Waals surface area contributed by atoms with Crippen molar-refractivity contribution in [3.05, 3.63) is 65.6 Å². The molecule has 1 aliphatic heterocycles. The zero-order valence-corrected chi connectivity index (χ0v) is 24.2. The topological polar surface area (TPSA) is 145 Å². The number of carbonyl (C=O) groups excluding carboxylic acids is 2. The molecule has 43 heavy (non-hydrogen) atoms. The molecule has 2 aromatic carbocycles. The highest BCUT2D eigenvalue weighted by atomic mass is 16.5. The Kier molecular flexibility index (Phi) is 8.73. The summed E-state index contributed by atoms with van der Waals surface area (Å²) in [4.78, 5) is 36.4. The third kappa shape index (κ3) is 6.59. The molecule has 1 aliphatic carbocycles. The summed E-state index contributed by atoms with van der Waals surface area (Å²) in [6.45, 7) is 3.16. The van der Waals surface area contributed by atoms with E-state index in [1.165, 1.54) is 13.5 Å². The van der Waals surface area contributed by atoms with Crippen LogP contribution in [0.3, 0.4) is 0 Å². The maximum atomic E-state index is 13.8. The summed E-state index contributed by atoms with van der Waals surface area (Å²) in [5, 5.41) is 18.8. The molecule has 2 fully saturated rings. The van der Waals surface area contributed by atoms with Gasteiger partial charge in [0.15, 0.2) is 17.3 Å². The van der Waals surface area contributed by atoms with E-state index in [4.69, 9.17) is 9.47 Å². The van der Waals surface area contributed by atoms with Crippen LogP contribution in [0.2, 0.25) is 0 Å². The second kappa shape index (κ2) is 13.2. The second-order valence-electron chi connectivity index (χ2n) is 11.1. The van der Waals surface area contributed by atoms with E-state index in [0.29, 0.717) is 42.9 Å². The molecule has 12 heteroatoms. The van der Waals surface area contributed by atoms with Gasteiger partial charge in [-0.25, -0.2) is 14.6 Å². The molecule has 2 amide bonds. The van der Waals surface area contributed by atoms with Crippen LogP contribution in [0.1, 0.15) is 58.5 Å². The number of hydrogen-bond acceptors (Lipinski definition) is 9. The lowest BCUT2D eigenvalue weighted by Crippen LogP contribution is -2.33. The molecule has 1 saturated heterocycles. The molecule has 0 unspecified atom stereocenters. The minimum absolute atomic E-state index is 0.00764. The van der Waals surface area contributed by atoms with Crippen molar-refractivity contribution >= 4 is 34.2 Å². The Morgan fingerprint density at radius 2 is 1.74 bits per heavy atom. The van der Waals surface area contributed by atoms with Crippen molar-refractivity contribution in [3.63, 3.8) is 0 Å². The van der Waals surface area contributed by atoms with E-state index in [1.807, 2.05) is 30.3 Å². The summed E-state index contributed by atoms with van der Waals surface area (Å²) >= 11 is 0. The van der Waals surface area contributed by atoms with Crippen molar-refractivity contribution in [1.29, 1.82) is 0 Å². The first-order chi connectivity index (χ1) is 21.1. The first-order valence-corrected chi connectivity index (χ1v) is 14.8. The lowest BCUT2D eigenvalue weighted by Gasteiger charge is -2.25. The molecule has 224 valence electrons. The van der Waals surface area contributed by atoms with Crippen LogP contribution in [0.5, 0.6) is 5.88 Å². The number of fused-ring (bicyclic) bond motifs is 1. The summed E-state index contributed by atoms with van der Waals surface area (Å²) in [6, 6.07) is 11.4. The van der Waals surface area contributed by atoms with E-state index in [1.54, 1.807) is 23.1 Å². The van der Waals surface area contributed by atoms with E-state index in [0.717, 1.165) is 55.2 Å². The Bertz CT molecular complexity index is 1580. The van der Waals surface area contributed by atoms with Gasteiger partial charge < -0.3 is 25.4 Å². The van der Waals surface area contributed by atoms with Crippen LogP contribution in [0.15, 0.2) is 48.8 Å². The lowest BCUT2D eigenvalue weighted by molar-refractivity contribution is 0.0699. The van der Waals surface area contributed by atoms with E-state index in [2.05, 4.69) is 36.2 Å². The lowest BCUT2D eigenvalue weighted by atomic mass is 9.85. The van der Waals surface area contributed by atoms with Crippen LogP contribution in [0.25, 0.3) is 10.8 Å². The van der Waals surface area contributed by atoms with Gasteiger partial charge in [0.25, 0.3) is 17.7 Å². The molecule has 0 radical (unpaired) electrons. The van der Waals surface area contributed by atoms with Crippen LogP contribution in [-0.4, -0.2) is 70.2 Å². The minimum atomic E-state index is -0.406. The summed E-state index contributed by atoms with van der Waals surface area (Å²) < 4.78 is 12.7. The Morgan fingerprint density at radius 3 is 2.47 bits per heavy atom. The van der Waals surface area contributed by atoms with Gasteiger partial charge in [-0.3, -0.25) is 9.59 Å². The molecule has 3 N–H and O–H groups in total. The Labute approximate surface area is 249 Å². The highest BCUT2D eigenvalue weighted by Gasteiger charge is 2.25. The van der Waals surface area contributed by atoms with Gasteiger partial charge in [0.1, 0.15) is 0 Å². The van der Waals surface area contributed by atoms with Crippen LogP contribution < -0.4 is 20.7 Å². The van der Waals surface area contributed by atoms with Gasteiger partial charge >= 0.3 is 0 Å². The van der Waals surface area contributed by atoms with Gasteiger partial charge in [-0.05, 0) is 59.9 Å². The number of aromatic nitrogens is 5.